The van der Waals surface area contributed by atoms with Crippen LogP contribution < -0.4 is 10.6 Å². The summed E-state index contributed by atoms with van der Waals surface area (Å²) in [4.78, 5) is 23.9. The monoisotopic (exact) mass is 376 g/mol. The number of carbonyl (C=O) groups is 2. The minimum absolute atomic E-state index is 0.0665. The fraction of sp³-hybridized carbons (Fsp3) is 0.200. The molecule has 1 unspecified atom stereocenters. The van der Waals surface area contributed by atoms with Gasteiger partial charge in [-0.1, -0.05) is 42.5 Å². The molecule has 0 saturated heterocycles. The number of rotatable bonds is 6. The largest absolute Gasteiger partial charge is 0.416 e. The number of amides is 2. The van der Waals surface area contributed by atoms with Gasteiger partial charge >= 0.3 is 6.18 Å². The Kier molecular flexibility index (Phi) is 6.76. The number of benzene rings is 2. The van der Waals surface area contributed by atoms with Gasteiger partial charge in [-0.05, 0) is 36.3 Å². The van der Waals surface area contributed by atoms with Gasteiger partial charge in [0.1, 0.15) is 6.04 Å². The van der Waals surface area contributed by atoms with Crippen molar-refractivity contribution in [2.24, 2.45) is 0 Å². The van der Waals surface area contributed by atoms with Crippen molar-refractivity contribution in [3.8, 4) is 0 Å². The number of carbonyl (C=O) groups excluding carboxylic acids is 2. The van der Waals surface area contributed by atoms with Gasteiger partial charge in [0.15, 0.2) is 0 Å². The Morgan fingerprint density at radius 2 is 1.67 bits per heavy atom. The normalized spacial score (nSPS) is 12.6. The van der Waals surface area contributed by atoms with Gasteiger partial charge < -0.3 is 10.6 Å². The second kappa shape index (κ2) is 9.02. The summed E-state index contributed by atoms with van der Waals surface area (Å²) in [6.07, 6.45) is -1.44. The van der Waals surface area contributed by atoms with Crippen molar-refractivity contribution in [1.29, 1.82) is 0 Å². The molecule has 0 spiro atoms. The highest BCUT2D eigenvalue weighted by Gasteiger charge is 2.29. The lowest BCUT2D eigenvalue weighted by Gasteiger charge is -2.13. The molecule has 27 heavy (non-hydrogen) atoms. The third-order valence-electron chi connectivity index (χ3n) is 3.73. The molecule has 2 aromatic rings. The SMILES string of the molecule is CC(NC(=O)/C=C/c1ccccc1)C(=O)NCc1ccc(C(F)(F)F)cc1. The van der Waals surface area contributed by atoms with Gasteiger partial charge in [-0.25, -0.2) is 0 Å². The molecule has 0 heterocycles. The van der Waals surface area contributed by atoms with Crippen LogP contribution in [0.5, 0.6) is 0 Å². The number of hydrogen-bond acceptors (Lipinski definition) is 2. The second-order valence-electron chi connectivity index (χ2n) is 5.89. The maximum atomic E-state index is 12.5. The Bertz CT molecular complexity index is 800. The van der Waals surface area contributed by atoms with Crippen molar-refractivity contribution in [1.82, 2.24) is 10.6 Å². The first-order valence-electron chi connectivity index (χ1n) is 8.23. The van der Waals surface area contributed by atoms with Crippen LogP contribution in [0.2, 0.25) is 0 Å². The van der Waals surface area contributed by atoms with Crippen molar-refractivity contribution in [2.75, 3.05) is 0 Å². The molecule has 2 aromatic carbocycles. The summed E-state index contributed by atoms with van der Waals surface area (Å²) in [7, 11) is 0. The molecule has 7 heteroatoms. The van der Waals surface area contributed by atoms with Crippen LogP contribution in [0.1, 0.15) is 23.6 Å². The van der Waals surface area contributed by atoms with E-state index in [1.165, 1.54) is 25.1 Å². The van der Waals surface area contributed by atoms with Crippen molar-refractivity contribution in [3.63, 3.8) is 0 Å². The van der Waals surface area contributed by atoms with E-state index in [9.17, 15) is 22.8 Å². The van der Waals surface area contributed by atoms with Crippen LogP contribution in [0, 0.1) is 0 Å². The van der Waals surface area contributed by atoms with E-state index in [1.54, 1.807) is 6.08 Å². The molecule has 1 atom stereocenters. The number of alkyl halides is 3. The molecule has 0 aliphatic rings. The lowest BCUT2D eigenvalue weighted by Crippen LogP contribution is -2.44. The summed E-state index contributed by atoms with van der Waals surface area (Å²) in [5, 5.41) is 5.11. The van der Waals surface area contributed by atoms with Crippen LogP contribution >= 0.6 is 0 Å². The predicted molar refractivity (Wildman–Crippen MR) is 96.4 cm³/mol. The Labute approximate surface area is 155 Å². The van der Waals surface area contributed by atoms with E-state index < -0.39 is 29.6 Å². The maximum Gasteiger partial charge on any atom is 0.416 e. The number of halogens is 3. The van der Waals surface area contributed by atoms with Gasteiger partial charge in [-0.15, -0.1) is 0 Å². The van der Waals surface area contributed by atoms with Crippen LogP contribution in [-0.2, 0) is 22.3 Å². The van der Waals surface area contributed by atoms with E-state index in [2.05, 4.69) is 10.6 Å². The van der Waals surface area contributed by atoms with Gasteiger partial charge in [0.25, 0.3) is 0 Å². The van der Waals surface area contributed by atoms with Gasteiger partial charge in [-0.2, -0.15) is 13.2 Å². The lowest BCUT2D eigenvalue weighted by molar-refractivity contribution is -0.137. The first-order chi connectivity index (χ1) is 12.8. The third-order valence-corrected chi connectivity index (χ3v) is 3.73. The van der Waals surface area contributed by atoms with Crippen molar-refractivity contribution in [2.45, 2.75) is 25.7 Å². The fourth-order valence-electron chi connectivity index (χ4n) is 2.22. The van der Waals surface area contributed by atoms with Crippen LogP contribution in [0.25, 0.3) is 6.08 Å². The maximum absolute atomic E-state index is 12.5. The summed E-state index contributed by atoms with van der Waals surface area (Å²) in [5.74, 6) is -0.854. The zero-order chi connectivity index (χ0) is 19.9. The molecule has 2 rings (SSSR count). The number of nitrogens with one attached hydrogen (secondary N) is 2. The minimum Gasteiger partial charge on any atom is -0.350 e. The molecule has 0 fully saturated rings. The first-order valence-corrected chi connectivity index (χ1v) is 8.23. The molecule has 142 valence electrons. The van der Waals surface area contributed by atoms with Gasteiger partial charge in [0.05, 0.1) is 5.56 Å². The zero-order valence-corrected chi connectivity index (χ0v) is 14.6. The van der Waals surface area contributed by atoms with E-state index in [0.29, 0.717) is 5.56 Å². The molecule has 0 saturated carbocycles. The third kappa shape index (κ3) is 6.62. The summed E-state index contributed by atoms with van der Waals surface area (Å²) in [6.45, 7) is 1.59. The highest BCUT2D eigenvalue weighted by Crippen LogP contribution is 2.29. The van der Waals surface area contributed by atoms with E-state index in [1.807, 2.05) is 30.3 Å². The molecular weight excluding hydrogens is 357 g/mol. The Morgan fingerprint density at radius 3 is 2.26 bits per heavy atom. The molecule has 0 aliphatic heterocycles. The van der Waals surface area contributed by atoms with Crippen LogP contribution in [0.15, 0.2) is 60.7 Å². The fourth-order valence-corrected chi connectivity index (χ4v) is 2.22. The molecule has 2 N–H and O–H groups in total. The number of hydrogen-bond donors (Lipinski definition) is 2. The molecule has 4 nitrogen and oxygen atoms in total. The minimum atomic E-state index is -4.39. The van der Waals surface area contributed by atoms with Gasteiger partial charge in [-0.3, -0.25) is 9.59 Å². The van der Waals surface area contributed by atoms with Crippen LogP contribution in [-0.4, -0.2) is 17.9 Å². The average molecular weight is 376 g/mol. The topological polar surface area (TPSA) is 58.2 Å². The molecule has 0 aromatic heterocycles. The summed E-state index contributed by atoms with van der Waals surface area (Å²) in [6, 6.07) is 13.0. The quantitative estimate of drug-likeness (QED) is 0.758. The van der Waals surface area contributed by atoms with Crippen molar-refractivity contribution in [3.05, 3.63) is 77.4 Å². The first kappa shape index (κ1) is 20.2. The molecule has 2 amide bonds. The second-order valence-corrected chi connectivity index (χ2v) is 5.89. The van der Waals surface area contributed by atoms with Gasteiger partial charge in [0, 0.05) is 12.6 Å². The van der Waals surface area contributed by atoms with Crippen molar-refractivity contribution >= 4 is 17.9 Å². The summed E-state index contributed by atoms with van der Waals surface area (Å²) in [5.41, 5.74) is 0.634. The van der Waals surface area contributed by atoms with E-state index >= 15 is 0 Å². The van der Waals surface area contributed by atoms with E-state index in [4.69, 9.17) is 0 Å². The Hall–Kier alpha value is -3.09. The molecule has 0 radical (unpaired) electrons. The highest BCUT2D eigenvalue weighted by molar-refractivity contribution is 5.95. The Morgan fingerprint density at radius 1 is 1.04 bits per heavy atom. The van der Waals surface area contributed by atoms with E-state index in [0.717, 1.165) is 17.7 Å². The van der Waals surface area contributed by atoms with Crippen molar-refractivity contribution < 1.29 is 22.8 Å². The lowest BCUT2D eigenvalue weighted by atomic mass is 10.1. The summed E-state index contributed by atoms with van der Waals surface area (Å²) >= 11 is 0. The smallest absolute Gasteiger partial charge is 0.350 e. The zero-order valence-electron chi connectivity index (χ0n) is 14.6. The van der Waals surface area contributed by atoms with Gasteiger partial charge in [0.2, 0.25) is 11.8 Å². The summed E-state index contributed by atoms with van der Waals surface area (Å²) < 4.78 is 37.6. The molecule has 0 aliphatic carbocycles. The van der Waals surface area contributed by atoms with Crippen LogP contribution in [0.3, 0.4) is 0 Å². The standard InChI is InChI=1S/C20H19F3N2O2/c1-14(25-18(26)12-9-15-5-3-2-4-6-15)19(27)24-13-16-7-10-17(11-8-16)20(21,22)23/h2-12,14H,13H2,1H3,(H,24,27)(H,25,26)/b12-9+. The van der Waals surface area contributed by atoms with E-state index in [-0.39, 0.29) is 6.54 Å². The highest BCUT2D eigenvalue weighted by atomic mass is 19.4. The molecule has 0 bridgehead atoms. The average Bonchev–Trinajstić information content (AvgIpc) is 2.65. The Balaban J connectivity index is 1.81. The predicted octanol–water partition coefficient (Wildman–Crippen LogP) is 3.54. The molecular formula is C20H19F3N2O2. The van der Waals surface area contributed by atoms with Crippen LogP contribution in [0.4, 0.5) is 13.2 Å².